The molecule has 0 spiro atoms. The maximum Gasteiger partial charge on any atom is 0.338 e. The predicted octanol–water partition coefficient (Wildman–Crippen LogP) is 5.20. The molecule has 0 aliphatic carbocycles. The van der Waals surface area contributed by atoms with Gasteiger partial charge in [-0.2, -0.15) is 0 Å². The van der Waals surface area contributed by atoms with Gasteiger partial charge in [0.1, 0.15) is 0 Å². The molecular formula is C25H21NO3. The molecule has 0 fully saturated rings. The lowest BCUT2D eigenvalue weighted by atomic mass is 10.1. The largest absolute Gasteiger partial charge is 0.452 e. The van der Waals surface area contributed by atoms with Crippen molar-refractivity contribution in [3.63, 3.8) is 0 Å². The molecule has 0 heterocycles. The smallest absolute Gasteiger partial charge is 0.338 e. The quantitative estimate of drug-likeness (QED) is 0.445. The van der Waals surface area contributed by atoms with E-state index in [-0.39, 0.29) is 12.5 Å². The highest BCUT2D eigenvalue weighted by Gasteiger charge is 2.18. The van der Waals surface area contributed by atoms with Crippen LogP contribution in [0.25, 0.3) is 21.5 Å². The summed E-state index contributed by atoms with van der Waals surface area (Å²) in [6.07, 6.45) is 0. The highest BCUT2D eigenvalue weighted by molar-refractivity contribution is 6.05. The van der Waals surface area contributed by atoms with Crippen molar-refractivity contribution in [1.82, 2.24) is 0 Å². The Hall–Kier alpha value is -3.66. The molecule has 0 unspecified atom stereocenters. The number of esters is 1. The van der Waals surface area contributed by atoms with E-state index in [1.54, 1.807) is 17.0 Å². The van der Waals surface area contributed by atoms with Gasteiger partial charge in [-0.25, -0.2) is 4.79 Å². The van der Waals surface area contributed by atoms with Crippen LogP contribution >= 0.6 is 0 Å². The summed E-state index contributed by atoms with van der Waals surface area (Å²) in [7, 11) is 0. The molecular weight excluding hydrogens is 362 g/mol. The molecule has 0 aromatic heterocycles. The molecule has 4 rings (SSSR count). The molecule has 0 saturated carbocycles. The van der Waals surface area contributed by atoms with E-state index in [0.717, 1.165) is 27.2 Å². The standard InChI is InChI=1S/C25H21NO3/c1-2-26(23-13-7-11-19-9-5-6-12-22(19)23)24(27)17-29-25(28)21-15-14-18-8-3-4-10-20(18)16-21/h3-16H,2,17H2,1H3. The van der Waals surface area contributed by atoms with Gasteiger partial charge in [0, 0.05) is 11.9 Å². The zero-order chi connectivity index (χ0) is 20.2. The van der Waals surface area contributed by atoms with E-state index < -0.39 is 5.97 Å². The molecule has 0 aliphatic heterocycles. The summed E-state index contributed by atoms with van der Waals surface area (Å²) in [5.74, 6) is -0.754. The van der Waals surface area contributed by atoms with Gasteiger partial charge in [0.25, 0.3) is 5.91 Å². The van der Waals surface area contributed by atoms with Crippen molar-refractivity contribution in [2.45, 2.75) is 6.92 Å². The number of carbonyl (C=O) groups is 2. The molecule has 29 heavy (non-hydrogen) atoms. The fourth-order valence-corrected chi connectivity index (χ4v) is 3.53. The third-order valence-corrected chi connectivity index (χ3v) is 4.99. The second-order valence-electron chi connectivity index (χ2n) is 6.77. The van der Waals surface area contributed by atoms with Crippen LogP contribution in [-0.2, 0) is 9.53 Å². The fraction of sp³-hybridized carbons (Fsp3) is 0.120. The zero-order valence-corrected chi connectivity index (χ0v) is 16.2. The van der Waals surface area contributed by atoms with Gasteiger partial charge in [0.2, 0.25) is 0 Å². The van der Waals surface area contributed by atoms with E-state index in [1.807, 2.05) is 79.7 Å². The third-order valence-electron chi connectivity index (χ3n) is 4.99. The van der Waals surface area contributed by atoms with E-state index >= 15 is 0 Å². The minimum Gasteiger partial charge on any atom is -0.452 e. The SMILES string of the molecule is CCN(C(=O)COC(=O)c1ccc2ccccc2c1)c1cccc2ccccc12. The second kappa shape index (κ2) is 8.15. The summed E-state index contributed by atoms with van der Waals surface area (Å²) < 4.78 is 5.33. The average molecular weight is 383 g/mol. The van der Waals surface area contributed by atoms with Crippen molar-refractivity contribution in [2.75, 3.05) is 18.1 Å². The van der Waals surface area contributed by atoms with Crippen molar-refractivity contribution in [3.8, 4) is 0 Å². The minimum atomic E-state index is -0.502. The number of hydrogen-bond acceptors (Lipinski definition) is 3. The maximum atomic E-state index is 12.8. The Morgan fingerprint density at radius 2 is 1.48 bits per heavy atom. The number of anilines is 1. The molecule has 0 bridgehead atoms. The Balaban J connectivity index is 1.50. The molecule has 0 radical (unpaired) electrons. The first-order valence-corrected chi connectivity index (χ1v) is 9.61. The number of ether oxygens (including phenoxy) is 1. The van der Waals surface area contributed by atoms with Crippen molar-refractivity contribution in [2.24, 2.45) is 0 Å². The van der Waals surface area contributed by atoms with Gasteiger partial charge in [-0.1, -0.05) is 66.7 Å². The normalized spacial score (nSPS) is 10.8. The highest BCUT2D eigenvalue weighted by Crippen LogP contribution is 2.26. The Morgan fingerprint density at radius 3 is 2.28 bits per heavy atom. The average Bonchev–Trinajstić information content (AvgIpc) is 2.77. The van der Waals surface area contributed by atoms with Crippen LogP contribution in [-0.4, -0.2) is 25.0 Å². The molecule has 4 heteroatoms. The van der Waals surface area contributed by atoms with E-state index in [0.29, 0.717) is 12.1 Å². The second-order valence-corrected chi connectivity index (χ2v) is 6.77. The van der Waals surface area contributed by atoms with Crippen molar-refractivity contribution < 1.29 is 14.3 Å². The number of hydrogen-bond donors (Lipinski definition) is 0. The Labute approximate surface area is 169 Å². The minimum absolute atomic E-state index is 0.252. The van der Waals surface area contributed by atoms with Crippen molar-refractivity contribution >= 4 is 39.1 Å². The molecule has 4 aromatic rings. The summed E-state index contributed by atoms with van der Waals surface area (Å²) in [5, 5.41) is 4.06. The number of carbonyl (C=O) groups excluding carboxylic acids is 2. The first-order chi connectivity index (χ1) is 14.2. The highest BCUT2D eigenvalue weighted by atomic mass is 16.5. The lowest BCUT2D eigenvalue weighted by Crippen LogP contribution is -2.34. The fourth-order valence-electron chi connectivity index (χ4n) is 3.53. The number of rotatable bonds is 5. The molecule has 0 saturated heterocycles. The maximum absolute atomic E-state index is 12.8. The van der Waals surface area contributed by atoms with Gasteiger partial charge < -0.3 is 9.64 Å². The lowest BCUT2D eigenvalue weighted by molar-refractivity contribution is -0.121. The summed E-state index contributed by atoms with van der Waals surface area (Å²) >= 11 is 0. The first kappa shape index (κ1) is 18.7. The summed E-state index contributed by atoms with van der Waals surface area (Å²) in [6.45, 7) is 2.09. The molecule has 4 nitrogen and oxygen atoms in total. The van der Waals surface area contributed by atoms with Crippen LogP contribution in [0, 0.1) is 0 Å². The van der Waals surface area contributed by atoms with E-state index in [9.17, 15) is 9.59 Å². The number of likely N-dealkylation sites (N-methyl/N-ethyl adjacent to an activating group) is 1. The third kappa shape index (κ3) is 3.83. The number of benzene rings is 4. The Kier molecular flexibility index (Phi) is 5.25. The van der Waals surface area contributed by atoms with Crippen molar-refractivity contribution in [1.29, 1.82) is 0 Å². The van der Waals surface area contributed by atoms with Crippen LogP contribution in [0.5, 0.6) is 0 Å². The molecule has 144 valence electrons. The summed E-state index contributed by atoms with van der Waals surface area (Å²) in [4.78, 5) is 26.9. The van der Waals surface area contributed by atoms with Gasteiger partial charge in [-0.15, -0.1) is 0 Å². The zero-order valence-electron chi connectivity index (χ0n) is 16.2. The van der Waals surface area contributed by atoms with Crippen molar-refractivity contribution in [3.05, 3.63) is 90.5 Å². The van der Waals surface area contributed by atoms with Crippen LogP contribution in [0.1, 0.15) is 17.3 Å². The van der Waals surface area contributed by atoms with Gasteiger partial charge >= 0.3 is 5.97 Å². The Bertz CT molecular complexity index is 1190. The molecule has 0 aliphatic rings. The Morgan fingerprint density at radius 1 is 0.793 bits per heavy atom. The molecule has 1 amide bonds. The van der Waals surface area contributed by atoms with E-state index in [4.69, 9.17) is 4.74 Å². The topological polar surface area (TPSA) is 46.6 Å². The van der Waals surface area contributed by atoms with Gasteiger partial charge in [0.15, 0.2) is 6.61 Å². The van der Waals surface area contributed by atoms with Crippen LogP contribution in [0.4, 0.5) is 5.69 Å². The van der Waals surface area contributed by atoms with Gasteiger partial charge in [0.05, 0.1) is 11.3 Å². The number of amides is 1. The van der Waals surface area contributed by atoms with E-state index in [2.05, 4.69) is 0 Å². The molecule has 0 N–H and O–H groups in total. The lowest BCUT2D eigenvalue weighted by Gasteiger charge is -2.22. The molecule has 4 aromatic carbocycles. The number of nitrogens with zero attached hydrogens (tertiary/aromatic N) is 1. The molecule has 0 atom stereocenters. The summed E-state index contributed by atoms with van der Waals surface area (Å²) in [5.41, 5.74) is 1.25. The van der Waals surface area contributed by atoms with E-state index in [1.165, 1.54) is 0 Å². The van der Waals surface area contributed by atoms with Gasteiger partial charge in [-0.3, -0.25) is 4.79 Å². The first-order valence-electron chi connectivity index (χ1n) is 9.61. The van der Waals surface area contributed by atoms with Crippen LogP contribution in [0.15, 0.2) is 84.9 Å². The van der Waals surface area contributed by atoms with Crippen LogP contribution < -0.4 is 4.90 Å². The monoisotopic (exact) mass is 383 g/mol. The number of fused-ring (bicyclic) bond motifs is 2. The van der Waals surface area contributed by atoms with Crippen LogP contribution in [0.3, 0.4) is 0 Å². The van der Waals surface area contributed by atoms with Crippen LogP contribution in [0.2, 0.25) is 0 Å². The predicted molar refractivity (Wildman–Crippen MR) is 116 cm³/mol. The summed E-state index contributed by atoms with van der Waals surface area (Å²) in [6, 6.07) is 26.9. The van der Waals surface area contributed by atoms with Gasteiger partial charge in [-0.05, 0) is 41.3 Å².